The summed E-state index contributed by atoms with van der Waals surface area (Å²) in [7, 11) is 5.47. The molecule has 10 nitrogen and oxygen atoms in total. The maximum absolute atomic E-state index is 13.3. The monoisotopic (exact) mass is 525 g/mol. The third-order valence-electron chi connectivity index (χ3n) is 5.24. The van der Waals surface area contributed by atoms with Gasteiger partial charge in [0.1, 0.15) is 24.5 Å². The van der Waals surface area contributed by atoms with Crippen LogP contribution in [0.5, 0.6) is 11.5 Å². The van der Waals surface area contributed by atoms with Gasteiger partial charge in [-0.15, -0.1) is 0 Å². The van der Waals surface area contributed by atoms with Crippen LogP contribution >= 0.6 is 0 Å². The van der Waals surface area contributed by atoms with Gasteiger partial charge in [0.15, 0.2) is 5.75 Å². The number of nitrogens with zero attached hydrogens (tertiary/aromatic N) is 3. The summed E-state index contributed by atoms with van der Waals surface area (Å²) >= 11 is 0. The molecule has 12 heteroatoms. The standard InChI is InChI=1S/C26H29F2N7O3/c1-5-25(36)34-20-11-21(23(38-26(27)28)13-22(20)37-9-8-35(3)4)33-24-12-19(31-15-32-24)16-6-7-17(14-29)18(10-16)30-2/h5-7,10-15,26,29-30H,1,8-9H2,2-4H3,(H,34,36)(H,31,32,33). The van der Waals surface area contributed by atoms with E-state index in [1.165, 1.54) is 24.7 Å². The molecule has 3 rings (SSSR count). The smallest absolute Gasteiger partial charge is 0.387 e. The van der Waals surface area contributed by atoms with Crippen LogP contribution in [0.3, 0.4) is 0 Å². The Morgan fingerprint density at radius 1 is 1.13 bits per heavy atom. The average molecular weight is 526 g/mol. The van der Waals surface area contributed by atoms with Gasteiger partial charge in [-0.1, -0.05) is 18.7 Å². The number of likely N-dealkylation sites (N-methyl/N-ethyl adjacent to an activating group) is 1. The van der Waals surface area contributed by atoms with Crippen molar-refractivity contribution in [3.05, 3.63) is 60.9 Å². The molecular formula is C26H29F2N7O3. The number of nitrogens with one attached hydrogen (secondary N) is 4. The molecule has 0 fully saturated rings. The number of carbonyl (C=O) groups is 1. The third kappa shape index (κ3) is 7.46. The minimum atomic E-state index is -3.10. The van der Waals surface area contributed by atoms with Crippen molar-refractivity contribution in [2.45, 2.75) is 6.61 Å². The number of hydrogen-bond donors (Lipinski definition) is 4. The van der Waals surface area contributed by atoms with Gasteiger partial charge < -0.3 is 35.7 Å². The minimum absolute atomic E-state index is 0.115. The van der Waals surface area contributed by atoms with E-state index < -0.39 is 12.5 Å². The highest BCUT2D eigenvalue weighted by Crippen LogP contribution is 2.39. The predicted octanol–water partition coefficient (Wildman–Crippen LogP) is 4.59. The van der Waals surface area contributed by atoms with Gasteiger partial charge in [0.2, 0.25) is 5.91 Å². The summed E-state index contributed by atoms with van der Waals surface area (Å²) in [5.74, 6) is -0.269. The molecule has 200 valence electrons. The first kappa shape index (κ1) is 28.0. The molecule has 0 saturated carbocycles. The van der Waals surface area contributed by atoms with Crippen LogP contribution in [0.2, 0.25) is 0 Å². The number of carbonyl (C=O) groups excluding carboxylic acids is 1. The van der Waals surface area contributed by atoms with Crippen molar-refractivity contribution >= 4 is 35.0 Å². The average Bonchev–Trinajstić information content (AvgIpc) is 2.89. The molecule has 2 aromatic carbocycles. The van der Waals surface area contributed by atoms with Crippen LogP contribution in [0.25, 0.3) is 11.3 Å². The second kappa shape index (κ2) is 13.1. The molecule has 1 amide bonds. The summed E-state index contributed by atoms with van der Waals surface area (Å²) in [5.41, 5.74) is 3.09. The molecule has 3 aromatic rings. The Kier molecular flexibility index (Phi) is 9.66. The van der Waals surface area contributed by atoms with Crippen molar-refractivity contribution in [2.75, 3.05) is 50.2 Å². The lowest BCUT2D eigenvalue weighted by Crippen LogP contribution is -2.20. The van der Waals surface area contributed by atoms with Crippen molar-refractivity contribution in [3.63, 3.8) is 0 Å². The fourth-order valence-corrected chi connectivity index (χ4v) is 3.37. The van der Waals surface area contributed by atoms with Crippen molar-refractivity contribution in [2.24, 2.45) is 0 Å². The van der Waals surface area contributed by atoms with E-state index in [0.717, 1.165) is 17.3 Å². The molecule has 0 radical (unpaired) electrons. The van der Waals surface area contributed by atoms with E-state index in [9.17, 15) is 13.6 Å². The third-order valence-corrected chi connectivity index (χ3v) is 5.24. The molecule has 0 saturated heterocycles. The maximum Gasteiger partial charge on any atom is 0.387 e. The molecular weight excluding hydrogens is 496 g/mol. The van der Waals surface area contributed by atoms with Gasteiger partial charge >= 0.3 is 6.61 Å². The van der Waals surface area contributed by atoms with Crippen LogP contribution in [0, 0.1) is 5.41 Å². The lowest BCUT2D eigenvalue weighted by atomic mass is 10.1. The number of anilines is 4. The van der Waals surface area contributed by atoms with E-state index in [4.69, 9.17) is 14.9 Å². The summed E-state index contributed by atoms with van der Waals surface area (Å²) < 4.78 is 37.1. The topological polar surface area (TPSA) is 124 Å². The summed E-state index contributed by atoms with van der Waals surface area (Å²) in [4.78, 5) is 22.4. The lowest BCUT2D eigenvalue weighted by molar-refractivity contribution is -0.111. The Morgan fingerprint density at radius 3 is 2.58 bits per heavy atom. The first-order chi connectivity index (χ1) is 18.2. The highest BCUT2D eigenvalue weighted by molar-refractivity contribution is 6.00. The number of amides is 1. The Bertz CT molecular complexity index is 1300. The normalized spacial score (nSPS) is 10.7. The van der Waals surface area contributed by atoms with E-state index in [2.05, 4.69) is 32.5 Å². The number of ether oxygens (including phenoxy) is 2. The molecule has 0 aliphatic heterocycles. The summed E-state index contributed by atoms with van der Waals surface area (Å²) in [5, 5.41) is 16.2. The second-order valence-electron chi connectivity index (χ2n) is 8.18. The van der Waals surface area contributed by atoms with E-state index in [0.29, 0.717) is 23.6 Å². The number of alkyl halides is 2. The molecule has 4 N–H and O–H groups in total. The van der Waals surface area contributed by atoms with Gasteiger partial charge in [-0.3, -0.25) is 4.79 Å². The van der Waals surface area contributed by atoms with Crippen LogP contribution < -0.4 is 25.4 Å². The Balaban J connectivity index is 2.00. The van der Waals surface area contributed by atoms with Gasteiger partial charge in [-0.25, -0.2) is 9.97 Å². The Morgan fingerprint density at radius 2 is 1.92 bits per heavy atom. The van der Waals surface area contributed by atoms with Crippen molar-refractivity contribution in [3.8, 4) is 22.8 Å². The van der Waals surface area contributed by atoms with Crippen LogP contribution in [0.4, 0.5) is 31.7 Å². The second-order valence-corrected chi connectivity index (χ2v) is 8.18. The largest absolute Gasteiger partial charge is 0.490 e. The van der Waals surface area contributed by atoms with Gasteiger partial charge in [0, 0.05) is 48.8 Å². The fourth-order valence-electron chi connectivity index (χ4n) is 3.37. The molecule has 1 aromatic heterocycles. The molecule has 0 spiro atoms. The van der Waals surface area contributed by atoms with E-state index in [1.54, 1.807) is 25.2 Å². The van der Waals surface area contributed by atoms with Crippen molar-refractivity contribution in [1.82, 2.24) is 14.9 Å². The van der Waals surface area contributed by atoms with Crippen molar-refractivity contribution < 1.29 is 23.0 Å². The maximum atomic E-state index is 13.3. The zero-order chi connectivity index (χ0) is 27.7. The predicted molar refractivity (Wildman–Crippen MR) is 144 cm³/mol. The Labute approximate surface area is 219 Å². The van der Waals surface area contributed by atoms with Gasteiger partial charge in [-0.05, 0) is 32.3 Å². The van der Waals surface area contributed by atoms with Gasteiger partial charge in [0.05, 0.1) is 17.1 Å². The number of rotatable bonds is 13. The SMILES string of the molecule is C=CC(=O)Nc1cc(Nc2cc(-c3ccc(C=N)c(NC)c3)ncn2)c(OC(F)F)cc1OCCN(C)C. The van der Waals surface area contributed by atoms with Crippen molar-refractivity contribution in [1.29, 1.82) is 5.41 Å². The van der Waals surface area contributed by atoms with Crippen LogP contribution in [0.15, 0.2) is 55.4 Å². The Hall–Kier alpha value is -4.58. The first-order valence-corrected chi connectivity index (χ1v) is 11.5. The molecule has 1 heterocycles. The van der Waals surface area contributed by atoms with E-state index in [-0.39, 0.29) is 29.5 Å². The molecule has 0 aliphatic carbocycles. The fraction of sp³-hybridized carbons (Fsp3) is 0.231. The van der Waals surface area contributed by atoms with Gasteiger partial charge in [-0.2, -0.15) is 8.78 Å². The number of hydrogen-bond acceptors (Lipinski definition) is 9. The molecule has 38 heavy (non-hydrogen) atoms. The quantitative estimate of drug-likeness (QED) is 0.189. The van der Waals surface area contributed by atoms with Gasteiger partial charge in [0.25, 0.3) is 0 Å². The minimum Gasteiger partial charge on any atom is -0.490 e. The molecule has 0 atom stereocenters. The highest BCUT2D eigenvalue weighted by Gasteiger charge is 2.18. The zero-order valence-corrected chi connectivity index (χ0v) is 21.2. The number of aromatic nitrogens is 2. The molecule has 0 unspecified atom stereocenters. The molecule has 0 bridgehead atoms. The summed E-state index contributed by atoms with van der Waals surface area (Å²) in [6, 6.07) is 9.75. The lowest BCUT2D eigenvalue weighted by Gasteiger charge is -2.19. The summed E-state index contributed by atoms with van der Waals surface area (Å²) in [6.45, 7) is 1.14. The highest BCUT2D eigenvalue weighted by atomic mass is 19.3. The van der Waals surface area contributed by atoms with Crippen LogP contribution in [-0.4, -0.2) is 67.9 Å². The summed E-state index contributed by atoms with van der Waals surface area (Å²) in [6.07, 6.45) is 3.65. The number of halogens is 2. The zero-order valence-electron chi connectivity index (χ0n) is 21.2. The van der Waals surface area contributed by atoms with E-state index >= 15 is 0 Å². The van der Waals surface area contributed by atoms with Crippen LogP contribution in [0.1, 0.15) is 5.56 Å². The molecule has 0 aliphatic rings. The first-order valence-electron chi connectivity index (χ1n) is 11.5. The number of benzene rings is 2. The van der Waals surface area contributed by atoms with Crippen LogP contribution in [-0.2, 0) is 4.79 Å². The van der Waals surface area contributed by atoms with E-state index in [1.807, 2.05) is 25.1 Å².